The van der Waals surface area contributed by atoms with E-state index in [1.807, 2.05) is 30.3 Å². The Bertz CT molecular complexity index is 772. The Kier molecular flexibility index (Phi) is 3.49. The van der Waals surface area contributed by atoms with E-state index in [1.54, 1.807) is 6.92 Å². The third-order valence-electron chi connectivity index (χ3n) is 2.80. The molecular weight excluding hydrogens is 289 g/mol. The number of benzene rings is 1. The fraction of sp³-hybridized carbons (Fsp3) is 0.0714. The van der Waals surface area contributed by atoms with Gasteiger partial charge < -0.3 is 11.1 Å². The Morgan fingerprint density at radius 2 is 1.95 bits per heavy atom. The maximum Gasteiger partial charge on any atom is 0.227 e. The lowest BCUT2D eigenvalue weighted by atomic mass is 10.3. The van der Waals surface area contributed by atoms with Crippen LogP contribution in [0.15, 0.2) is 36.5 Å². The second kappa shape index (κ2) is 5.45. The van der Waals surface area contributed by atoms with Crippen LogP contribution < -0.4 is 11.1 Å². The molecule has 3 rings (SSSR count). The lowest BCUT2D eigenvalue weighted by Gasteiger charge is -2.06. The van der Waals surface area contributed by atoms with Crippen molar-refractivity contribution in [2.75, 3.05) is 11.1 Å². The molecule has 2 aromatic heterocycles. The number of para-hydroxylation sites is 1. The molecule has 0 spiro atoms. The molecule has 3 N–H and O–H groups in total. The monoisotopic (exact) mass is 301 g/mol. The van der Waals surface area contributed by atoms with Gasteiger partial charge in [0.05, 0.1) is 16.8 Å². The van der Waals surface area contributed by atoms with E-state index in [2.05, 4.69) is 20.3 Å². The van der Waals surface area contributed by atoms with E-state index < -0.39 is 5.82 Å². The van der Waals surface area contributed by atoms with E-state index >= 15 is 0 Å². The molecule has 0 radical (unpaired) electrons. The summed E-state index contributed by atoms with van der Waals surface area (Å²) in [7, 11) is 0. The largest absolute Gasteiger partial charge is 0.375 e. The zero-order valence-corrected chi connectivity index (χ0v) is 12.0. The Morgan fingerprint density at radius 3 is 2.62 bits per heavy atom. The number of halogens is 1. The molecule has 7 heteroatoms. The van der Waals surface area contributed by atoms with Crippen LogP contribution in [0.1, 0.15) is 5.69 Å². The average molecular weight is 301 g/mol. The van der Waals surface area contributed by atoms with Crippen molar-refractivity contribution in [1.82, 2.24) is 15.0 Å². The molecule has 106 valence electrons. The number of anilines is 3. The Hall–Kier alpha value is -2.54. The normalized spacial score (nSPS) is 10.6. The predicted molar refractivity (Wildman–Crippen MR) is 82.0 cm³/mol. The SMILES string of the molecule is Cc1nc(N)sc1-c1nc(Nc2ccccc2)ncc1F. The Morgan fingerprint density at radius 1 is 1.19 bits per heavy atom. The topological polar surface area (TPSA) is 76.7 Å². The second-order valence-corrected chi connectivity index (χ2v) is 5.38. The maximum atomic E-state index is 14.0. The fourth-order valence-corrected chi connectivity index (χ4v) is 2.70. The molecule has 3 aromatic rings. The van der Waals surface area contributed by atoms with Gasteiger partial charge in [-0.2, -0.15) is 0 Å². The summed E-state index contributed by atoms with van der Waals surface area (Å²) in [4.78, 5) is 12.9. The molecule has 1 aromatic carbocycles. The molecule has 21 heavy (non-hydrogen) atoms. The zero-order chi connectivity index (χ0) is 14.8. The van der Waals surface area contributed by atoms with Crippen molar-refractivity contribution in [3.8, 4) is 10.6 Å². The maximum absolute atomic E-state index is 14.0. The van der Waals surface area contributed by atoms with Gasteiger partial charge in [0.2, 0.25) is 5.95 Å². The summed E-state index contributed by atoms with van der Waals surface area (Å²) in [6.07, 6.45) is 1.14. The number of hydrogen-bond acceptors (Lipinski definition) is 6. The summed E-state index contributed by atoms with van der Waals surface area (Å²) in [5, 5.41) is 3.42. The molecule has 0 saturated carbocycles. The lowest BCUT2D eigenvalue weighted by Crippen LogP contribution is -2.00. The van der Waals surface area contributed by atoms with E-state index in [4.69, 9.17) is 5.73 Å². The number of nitrogens with zero attached hydrogens (tertiary/aromatic N) is 3. The molecule has 0 aliphatic carbocycles. The van der Waals surface area contributed by atoms with E-state index in [0.29, 0.717) is 21.7 Å². The van der Waals surface area contributed by atoms with Crippen LogP contribution >= 0.6 is 11.3 Å². The summed E-state index contributed by atoms with van der Waals surface area (Å²) in [5.74, 6) is -0.177. The number of hydrogen-bond donors (Lipinski definition) is 2. The van der Waals surface area contributed by atoms with Crippen LogP contribution in [0.4, 0.5) is 21.2 Å². The van der Waals surface area contributed by atoms with Gasteiger partial charge in [0.15, 0.2) is 10.9 Å². The van der Waals surface area contributed by atoms with Crippen LogP contribution in [0.2, 0.25) is 0 Å². The van der Waals surface area contributed by atoms with E-state index in [0.717, 1.165) is 11.9 Å². The highest BCUT2D eigenvalue weighted by atomic mass is 32.1. The van der Waals surface area contributed by atoms with Gasteiger partial charge in [-0.15, -0.1) is 0 Å². The van der Waals surface area contributed by atoms with Crippen molar-refractivity contribution in [3.63, 3.8) is 0 Å². The molecule has 0 fully saturated rings. The molecule has 0 saturated heterocycles. The molecule has 0 aliphatic rings. The van der Waals surface area contributed by atoms with Gasteiger partial charge in [-0.1, -0.05) is 29.5 Å². The minimum absolute atomic E-state index is 0.204. The molecule has 0 aliphatic heterocycles. The van der Waals surface area contributed by atoms with Crippen molar-refractivity contribution in [2.45, 2.75) is 6.92 Å². The summed E-state index contributed by atoms with van der Waals surface area (Å²) < 4.78 is 14.0. The summed E-state index contributed by atoms with van der Waals surface area (Å²) in [6, 6.07) is 9.44. The summed E-state index contributed by atoms with van der Waals surface area (Å²) in [5.41, 5.74) is 7.34. The predicted octanol–water partition coefficient (Wildman–Crippen LogP) is 3.37. The van der Waals surface area contributed by atoms with Crippen molar-refractivity contribution in [1.29, 1.82) is 0 Å². The van der Waals surface area contributed by atoms with E-state index in [1.165, 1.54) is 11.3 Å². The van der Waals surface area contributed by atoms with Crippen LogP contribution in [0, 0.1) is 12.7 Å². The fourth-order valence-electron chi connectivity index (χ4n) is 1.87. The first-order valence-electron chi connectivity index (χ1n) is 6.21. The average Bonchev–Trinajstić information content (AvgIpc) is 2.81. The number of nitrogens with two attached hydrogens (primary N) is 1. The molecule has 0 bridgehead atoms. The van der Waals surface area contributed by atoms with E-state index in [9.17, 15) is 4.39 Å². The highest BCUT2D eigenvalue weighted by Gasteiger charge is 2.15. The molecule has 2 heterocycles. The second-order valence-electron chi connectivity index (χ2n) is 4.35. The van der Waals surface area contributed by atoms with Crippen LogP contribution in [-0.4, -0.2) is 15.0 Å². The highest BCUT2D eigenvalue weighted by Crippen LogP contribution is 2.32. The summed E-state index contributed by atoms with van der Waals surface area (Å²) >= 11 is 1.21. The van der Waals surface area contributed by atoms with Crippen LogP contribution in [0.25, 0.3) is 10.6 Å². The van der Waals surface area contributed by atoms with Gasteiger partial charge in [0, 0.05) is 5.69 Å². The van der Waals surface area contributed by atoms with Gasteiger partial charge in [-0.3, -0.25) is 0 Å². The number of aromatic nitrogens is 3. The van der Waals surface area contributed by atoms with Crippen molar-refractivity contribution in [2.24, 2.45) is 0 Å². The van der Waals surface area contributed by atoms with E-state index in [-0.39, 0.29) is 5.69 Å². The summed E-state index contributed by atoms with van der Waals surface area (Å²) in [6.45, 7) is 1.77. The first-order chi connectivity index (χ1) is 10.1. The highest BCUT2D eigenvalue weighted by molar-refractivity contribution is 7.18. The van der Waals surface area contributed by atoms with Crippen LogP contribution in [0.5, 0.6) is 0 Å². The molecule has 0 amide bonds. The van der Waals surface area contributed by atoms with Gasteiger partial charge >= 0.3 is 0 Å². The molecule has 5 nitrogen and oxygen atoms in total. The van der Waals surface area contributed by atoms with Crippen molar-refractivity contribution >= 4 is 28.1 Å². The van der Waals surface area contributed by atoms with Gasteiger partial charge in [0.1, 0.15) is 5.69 Å². The van der Waals surface area contributed by atoms with Gasteiger partial charge in [0.25, 0.3) is 0 Å². The van der Waals surface area contributed by atoms with Crippen molar-refractivity contribution in [3.05, 3.63) is 48.0 Å². The number of nitrogens with one attached hydrogen (secondary N) is 1. The zero-order valence-electron chi connectivity index (χ0n) is 11.2. The smallest absolute Gasteiger partial charge is 0.227 e. The molecule has 0 unspecified atom stereocenters. The lowest BCUT2D eigenvalue weighted by molar-refractivity contribution is 0.619. The Balaban J connectivity index is 1.99. The number of rotatable bonds is 3. The first-order valence-corrected chi connectivity index (χ1v) is 7.03. The molecular formula is C14H12FN5S. The first kappa shape index (κ1) is 13.4. The number of aryl methyl sites for hydroxylation is 1. The van der Waals surface area contributed by atoms with Crippen LogP contribution in [-0.2, 0) is 0 Å². The minimum atomic E-state index is -0.500. The minimum Gasteiger partial charge on any atom is -0.375 e. The third-order valence-corrected chi connectivity index (χ3v) is 3.80. The Labute approximate surface area is 124 Å². The number of nitrogen functional groups attached to an aromatic ring is 1. The number of thiazole rings is 1. The van der Waals surface area contributed by atoms with Gasteiger partial charge in [-0.25, -0.2) is 19.3 Å². The molecule has 0 atom stereocenters. The third kappa shape index (κ3) is 2.82. The van der Waals surface area contributed by atoms with Gasteiger partial charge in [-0.05, 0) is 19.1 Å². The standard InChI is InChI=1S/C14H12FN5S/c1-8-12(21-13(16)18-8)11-10(15)7-17-14(20-11)19-9-5-3-2-4-6-9/h2-7H,1H3,(H2,16,18)(H,17,19,20). The van der Waals surface area contributed by atoms with Crippen molar-refractivity contribution < 1.29 is 4.39 Å². The quantitative estimate of drug-likeness (QED) is 0.775. The van der Waals surface area contributed by atoms with Crippen LogP contribution in [0.3, 0.4) is 0 Å².